The first kappa shape index (κ1) is 11.0. The largest absolute Gasteiger partial charge is 0.303 e. The van der Waals surface area contributed by atoms with E-state index in [0.717, 1.165) is 23.8 Å². The molecule has 0 amide bonds. The van der Waals surface area contributed by atoms with Gasteiger partial charge in [0.1, 0.15) is 0 Å². The maximum Gasteiger partial charge on any atom is 0.00987 e. The fourth-order valence-electron chi connectivity index (χ4n) is 4.08. The first-order valence-corrected chi connectivity index (χ1v) is 7.15. The number of likely N-dealkylation sites (tertiary alicyclic amines) is 2. The summed E-state index contributed by atoms with van der Waals surface area (Å²) in [5.74, 6) is 3.02. The van der Waals surface area contributed by atoms with Gasteiger partial charge in [-0.1, -0.05) is 6.92 Å². The molecule has 1 aliphatic carbocycles. The van der Waals surface area contributed by atoms with Crippen molar-refractivity contribution in [1.29, 1.82) is 0 Å². The molecule has 0 N–H and O–H groups in total. The molecule has 0 radical (unpaired) electrons. The monoisotopic (exact) mass is 222 g/mol. The molecule has 0 spiro atoms. The lowest BCUT2D eigenvalue weighted by Crippen LogP contribution is -2.41. The second-order valence-corrected chi connectivity index (χ2v) is 6.57. The van der Waals surface area contributed by atoms with Crippen LogP contribution < -0.4 is 0 Å². The molecule has 0 aromatic rings. The summed E-state index contributed by atoms with van der Waals surface area (Å²) in [6, 6.07) is 0.929. The Morgan fingerprint density at radius 3 is 2.44 bits per heavy atom. The minimum absolute atomic E-state index is 0.929. The fourth-order valence-corrected chi connectivity index (χ4v) is 4.08. The molecule has 1 saturated carbocycles. The average molecular weight is 222 g/mol. The van der Waals surface area contributed by atoms with Crippen LogP contribution in [0.2, 0.25) is 0 Å². The molecular formula is C14H26N2. The standard InChI is InChI=1S/C14H26N2/c1-11-3-5-16(6-4-11)10-13-8-14-7-12(13)9-15(14)2/h11-14H,3-10H2,1-2H3/t12-,13?,14-/m1/s1. The molecule has 92 valence electrons. The smallest absolute Gasteiger partial charge is 0.00987 e. The normalized spacial score (nSPS) is 42.0. The zero-order valence-corrected chi connectivity index (χ0v) is 10.9. The van der Waals surface area contributed by atoms with Crippen LogP contribution in [-0.2, 0) is 0 Å². The average Bonchev–Trinajstić information content (AvgIpc) is 2.80. The lowest BCUT2D eigenvalue weighted by atomic mass is 9.92. The fraction of sp³-hybridized carbons (Fsp3) is 1.00. The summed E-state index contributed by atoms with van der Waals surface area (Å²) in [6.07, 6.45) is 5.83. The topological polar surface area (TPSA) is 6.48 Å². The van der Waals surface area contributed by atoms with E-state index in [1.54, 1.807) is 0 Å². The predicted molar refractivity (Wildman–Crippen MR) is 67.5 cm³/mol. The molecule has 2 aliphatic heterocycles. The molecule has 16 heavy (non-hydrogen) atoms. The summed E-state index contributed by atoms with van der Waals surface area (Å²) in [6.45, 7) is 7.92. The molecule has 3 atom stereocenters. The van der Waals surface area contributed by atoms with Crippen LogP contribution in [0, 0.1) is 17.8 Å². The van der Waals surface area contributed by atoms with Gasteiger partial charge < -0.3 is 9.80 Å². The third-order valence-corrected chi connectivity index (χ3v) is 5.33. The Bertz CT molecular complexity index is 243. The lowest BCUT2D eigenvalue weighted by molar-refractivity contribution is 0.125. The summed E-state index contributed by atoms with van der Waals surface area (Å²) in [7, 11) is 2.31. The summed E-state index contributed by atoms with van der Waals surface area (Å²) in [4.78, 5) is 5.32. The Labute approximate surface area is 100.0 Å². The Morgan fingerprint density at radius 1 is 1.12 bits per heavy atom. The molecule has 2 saturated heterocycles. The number of hydrogen-bond acceptors (Lipinski definition) is 2. The zero-order valence-electron chi connectivity index (χ0n) is 10.9. The van der Waals surface area contributed by atoms with Crippen LogP contribution in [0.3, 0.4) is 0 Å². The lowest BCUT2D eigenvalue weighted by Gasteiger charge is -2.36. The van der Waals surface area contributed by atoms with Crippen LogP contribution in [0.15, 0.2) is 0 Å². The van der Waals surface area contributed by atoms with E-state index >= 15 is 0 Å². The second-order valence-electron chi connectivity index (χ2n) is 6.57. The van der Waals surface area contributed by atoms with Crippen molar-refractivity contribution in [3.05, 3.63) is 0 Å². The Balaban J connectivity index is 1.50. The molecule has 0 aromatic carbocycles. The molecule has 2 nitrogen and oxygen atoms in total. The van der Waals surface area contributed by atoms with Gasteiger partial charge in [-0.3, -0.25) is 0 Å². The first-order valence-electron chi connectivity index (χ1n) is 7.15. The van der Waals surface area contributed by atoms with Crippen molar-refractivity contribution in [3.8, 4) is 0 Å². The highest BCUT2D eigenvalue weighted by Crippen LogP contribution is 2.41. The molecule has 3 aliphatic rings. The van der Waals surface area contributed by atoms with E-state index in [9.17, 15) is 0 Å². The highest BCUT2D eigenvalue weighted by atomic mass is 15.2. The van der Waals surface area contributed by atoms with E-state index in [0.29, 0.717) is 0 Å². The SMILES string of the molecule is CC1CCN(CC2C[C@H]3C[C@@H]2CN3C)CC1. The van der Waals surface area contributed by atoms with Gasteiger partial charge in [-0.15, -0.1) is 0 Å². The van der Waals surface area contributed by atoms with E-state index in [-0.39, 0.29) is 0 Å². The highest BCUT2D eigenvalue weighted by Gasteiger charge is 2.43. The van der Waals surface area contributed by atoms with Gasteiger partial charge in [0, 0.05) is 19.1 Å². The molecule has 2 heterocycles. The molecule has 1 unspecified atom stereocenters. The number of rotatable bonds is 2. The maximum atomic E-state index is 2.74. The summed E-state index contributed by atoms with van der Waals surface area (Å²) >= 11 is 0. The summed E-state index contributed by atoms with van der Waals surface area (Å²) in [5.41, 5.74) is 0. The molecule has 2 bridgehead atoms. The second kappa shape index (κ2) is 4.30. The van der Waals surface area contributed by atoms with Crippen molar-refractivity contribution >= 4 is 0 Å². The zero-order chi connectivity index (χ0) is 11.1. The van der Waals surface area contributed by atoms with E-state index in [1.807, 2.05) is 0 Å². The summed E-state index contributed by atoms with van der Waals surface area (Å²) < 4.78 is 0. The van der Waals surface area contributed by atoms with Gasteiger partial charge in [0.2, 0.25) is 0 Å². The van der Waals surface area contributed by atoms with E-state index in [2.05, 4.69) is 23.8 Å². The number of nitrogens with zero attached hydrogens (tertiary/aromatic N) is 2. The van der Waals surface area contributed by atoms with Gasteiger partial charge in [-0.2, -0.15) is 0 Å². The van der Waals surface area contributed by atoms with Crippen molar-refractivity contribution in [3.63, 3.8) is 0 Å². The van der Waals surface area contributed by atoms with Crippen molar-refractivity contribution in [2.75, 3.05) is 33.2 Å². The van der Waals surface area contributed by atoms with Crippen molar-refractivity contribution in [2.24, 2.45) is 17.8 Å². The van der Waals surface area contributed by atoms with Crippen molar-refractivity contribution < 1.29 is 0 Å². The Hall–Kier alpha value is -0.0800. The van der Waals surface area contributed by atoms with Crippen LogP contribution in [0.5, 0.6) is 0 Å². The van der Waals surface area contributed by atoms with Crippen molar-refractivity contribution in [2.45, 2.75) is 38.6 Å². The summed E-state index contributed by atoms with van der Waals surface area (Å²) in [5, 5.41) is 0. The Kier molecular flexibility index (Phi) is 2.97. The minimum Gasteiger partial charge on any atom is -0.303 e. The molecule has 2 heteroatoms. The van der Waals surface area contributed by atoms with Gasteiger partial charge in [0.05, 0.1) is 0 Å². The van der Waals surface area contributed by atoms with Crippen LogP contribution in [0.25, 0.3) is 0 Å². The third-order valence-electron chi connectivity index (χ3n) is 5.33. The van der Waals surface area contributed by atoms with Crippen LogP contribution in [0.4, 0.5) is 0 Å². The quantitative estimate of drug-likeness (QED) is 0.705. The molecule has 3 fully saturated rings. The van der Waals surface area contributed by atoms with Gasteiger partial charge in [-0.25, -0.2) is 0 Å². The molecule has 3 rings (SSSR count). The van der Waals surface area contributed by atoms with Crippen LogP contribution in [0.1, 0.15) is 32.6 Å². The molecule has 0 aromatic heterocycles. The van der Waals surface area contributed by atoms with Gasteiger partial charge in [0.25, 0.3) is 0 Å². The maximum absolute atomic E-state index is 2.74. The van der Waals surface area contributed by atoms with Gasteiger partial charge >= 0.3 is 0 Å². The number of piperidine rings is 2. The van der Waals surface area contributed by atoms with Gasteiger partial charge in [0.15, 0.2) is 0 Å². The van der Waals surface area contributed by atoms with Crippen molar-refractivity contribution in [1.82, 2.24) is 9.80 Å². The van der Waals surface area contributed by atoms with E-state index in [4.69, 9.17) is 0 Å². The first-order chi connectivity index (χ1) is 7.72. The third kappa shape index (κ3) is 2.02. The molecular weight excluding hydrogens is 196 g/mol. The number of fused-ring (bicyclic) bond motifs is 2. The van der Waals surface area contributed by atoms with Gasteiger partial charge in [-0.05, 0) is 63.6 Å². The van der Waals surface area contributed by atoms with E-state index in [1.165, 1.54) is 51.9 Å². The Morgan fingerprint density at radius 2 is 1.88 bits per heavy atom. The highest BCUT2D eigenvalue weighted by molar-refractivity contribution is 4.97. The van der Waals surface area contributed by atoms with Crippen LogP contribution in [-0.4, -0.2) is 49.1 Å². The number of hydrogen-bond donors (Lipinski definition) is 0. The predicted octanol–water partition coefficient (Wildman–Crippen LogP) is 2.06. The van der Waals surface area contributed by atoms with Crippen LogP contribution >= 0.6 is 0 Å². The van der Waals surface area contributed by atoms with E-state index < -0.39 is 0 Å². The minimum atomic E-state index is 0.929.